The van der Waals surface area contributed by atoms with Gasteiger partial charge in [-0.05, 0) is 13.3 Å². The molecule has 0 saturated heterocycles. The molecule has 0 aliphatic carbocycles. The highest BCUT2D eigenvalue weighted by atomic mass is 16.5. The Labute approximate surface area is 115 Å². The molecular weight excluding hydrogens is 264 g/mol. The second-order valence-electron chi connectivity index (χ2n) is 4.24. The van der Waals surface area contributed by atoms with Gasteiger partial charge < -0.3 is 9.30 Å². The number of aromatic nitrogens is 2. The third kappa shape index (κ3) is 4.18. The molecule has 1 aromatic rings. The van der Waals surface area contributed by atoms with Crippen LogP contribution in [0.15, 0.2) is 21.9 Å². The standard InChI is InChI=1S/C13H18N2O5/c1-3-6-14-7-5-11(17)15(13(14)19)9-10(16)8-12(18)20-4-2/h5,7H,3-4,6,8-9H2,1-2H3. The van der Waals surface area contributed by atoms with Crippen LogP contribution in [0.4, 0.5) is 0 Å². The van der Waals surface area contributed by atoms with Gasteiger partial charge in [-0.25, -0.2) is 4.79 Å². The summed E-state index contributed by atoms with van der Waals surface area (Å²) in [4.78, 5) is 46.4. The van der Waals surface area contributed by atoms with E-state index < -0.39 is 36.0 Å². The van der Waals surface area contributed by atoms with Crippen molar-refractivity contribution in [2.24, 2.45) is 0 Å². The molecule has 0 aromatic carbocycles. The molecule has 110 valence electrons. The molecule has 0 N–H and O–H groups in total. The van der Waals surface area contributed by atoms with E-state index in [0.29, 0.717) is 6.54 Å². The Morgan fingerprint density at radius 3 is 2.55 bits per heavy atom. The number of carbonyl (C=O) groups excluding carboxylic acids is 2. The van der Waals surface area contributed by atoms with Gasteiger partial charge in [0.15, 0.2) is 5.78 Å². The maximum absolute atomic E-state index is 12.0. The molecule has 0 fully saturated rings. The van der Waals surface area contributed by atoms with Crippen molar-refractivity contribution >= 4 is 11.8 Å². The highest BCUT2D eigenvalue weighted by Crippen LogP contribution is 1.91. The second-order valence-corrected chi connectivity index (χ2v) is 4.24. The number of hydrogen-bond donors (Lipinski definition) is 0. The maximum Gasteiger partial charge on any atom is 0.331 e. The lowest BCUT2D eigenvalue weighted by Gasteiger charge is -2.08. The van der Waals surface area contributed by atoms with Crippen LogP contribution in [0.25, 0.3) is 0 Å². The van der Waals surface area contributed by atoms with E-state index in [0.717, 1.165) is 11.0 Å². The van der Waals surface area contributed by atoms with Crippen molar-refractivity contribution in [3.8, 4) is 0 Å². The predicted octanol–water partition coefficient (Wildman–Crippen LogP) is -0.0577. The quantitative estimate of drug-likeness (QED) is 0.516. The number of hydrogen-bond acceptors (Lipinski definition) is 5. The smallest absolute Gasteiger partial charge is 0.331 e. The van der Waals surface area contributed by atoms with Crippen molar-refractivity contribution in [3.63, 3.8) is 0 Å². The van der Waals surface area contributed by atoms with Gasteiger partial charge in [-0.2, -0.15) is 0 Å². The summed E-state index contributed by atoms with van der Waals surface area (Å²) in [7, 11) is 0. The van der Waals surface area contributed by atoms with Crippen LogP contribution in [0.5, 0.6) is 0 Å². The molecule has 1 rings (SSSR count). The largest absolute Gasteiger partial charge is 0.466 e. The molecule has 1 heterocycles. The number of rotatable bonds is 7. The van der Waals surface area contributed by atoms with Crippen LogP contribution in [-0.4, -0.2) is 27.5 Å². The minimum Gasteiger partial charge on any atom is -0.466 e. The van der Waals surface area contributed by atoms with E-state index in [1.165, 1.54) is 16.8 Å². The fraction of sp³-hybridized carbons (Fsp3) is 0.538. The van der Waals surface area contributed by atoms with Crippen molar-refractivity contribution in [1.29, 1.82) is 0 Å². The van der Waals surface area contributed by atoms with Crippen molar-refractivity contribution in [1.82, 2.24) is 9.13 Å². The van der Waals surface area contributed by atoms with Crippen LogP contribution >= 0.6 is 0 Å². The maximum atomic E-state index is 12.0. The number of Topliss-reactive ketones (excluding diaryl/α,β-unsaturated/α-hetero) is 1. The molecule has 0 radical (unpaired) electrons. The lowest BCUT2D eigenvalue weighted by atomic mass is 10.3. The lowest BCUT2D eigenvalue weighted by Crippen LogP contribution is -2.41. The average molecular weight is 282 g/mol. The third-order valence-electron chi connectivity index (χ3n) is 2.59. The molecule has 7 heteroatoms. The first-order chi connectivity index (χ1) is 9.49. The molecule has 7 nitrogen and oxygen atoms in total. The first-order valence-electron chi connectivity index (χ1n) is 6.47. The summed E-state index contributed by atoms with van der Waals surface area (Å²) in [5.41, 5.74) is -1.10. The normalized spacial score (nSPS) is 10.3. The SMILES string of the molecule is CCCn1ccc(=O)n(CC(=O)CC(=O)OCC)c1=O. The zero-order valence-corrected chi connectivity index (χ0v) is 11.6. The van der Waals surface area contributed by atoms with Crippen molar-refractivity contribution < 1.29 is 14.3 Å². The zero-order valence-electron chi connectivity index (χ0n) is 11.6. The fourth-order valence-electron chi connectivity index (χ4n) is 1.72. The van der Waals surface area contributed by atoms with Gasteiger partial charge in [0, 0.05) is 18.8 Å². The van der Waals surface area contributed by atoms with Crippen LogP contribution in [0.2, 0.25) is 0 Å². The van der Waals surface area contributed by atoms with Crippen LogP contribution < -0.4 is 11.2 Å². The van der Waals surface area contributed by atoms with Crippen molar-refractivity contribution in [3.05, 3.63) is 33.1 Å². The topological polar surface area (TPSA) is 87.4 Å². The molecule has 0 saturated carbocycles. The number of carbonyl (C=O) groups is 2. The van der Waals surface area contributed by atoms with Crippen LogP contribution in [0.1, 0.15) is 26.7 Å². The van der Waals surface area contributed by atoms with Gasteiger partial charge in [0.05, 0.1) is 13.2 Å². The molecule has 20 heavy (non-hydrogen) atoms. The summed E-state index contributed by atoms with van der Waals surface area (Å²) in [5, 5.41) is 0. The van der Waals surface area contributed by atoms with E-state index >= 15 is 0 Å². The van der Waals surface area contributed by atoms with E-state index in [-0.39, 0.29) is 6.61 Å². The first kappa shape index (κ1) is 15.9. The van der Waals surface area contributed by atoms with Crippen LogP contribution in [-0.2, 0) is 27.4 Å². The summed E-state index contributed by atoms with van der Waals surface area (Å²) in [6, 6.07) is 1.23. The summed E-state index contributed by atoms with van der Waals surface area (Å²) in [6.45, 7) is 3.76. The molecule has 0 aliphatic rings. The third-order valence-corrected chi connectivity index (χ3v) is 2.59. The number of aryl methyl sites for hydroxylation is 1. The van der Waals surface area contributed by atoms with E-state index in [9.17, 15) is 19.2 Å². The number of esters is 1. The molecule has 0 atom stereocenters. The number of ketones is 1. The Balaban J connectivity index is 2.89. The fourth-order valence-corrected chi connectivity index (χ4v) is 1.72. The summed E-state index contributed by atoms with van der Waals surface area (Å²) in [5.74, 6) is -1.19. The summed E-state index contributed by atoms with van der Waals surface area (Å²) in [6.07, 6.45) is 1.69. The molecular formula is C13H18N2O5. The molecule has 0 spiro atoms. The minimum atomic E-state index is -0.657. The van der Waals surface area contributed by atoms with E-state index in [4.69, 9.17) is 0 Å². The summed E-state index contributed by atoms with van der Waals surface area (Å²) < 4.78 is 6.83. The van der Waals surface area contributed by atoms with E-state index in [1.54, 1.807) is 6.92 Å². The predicted molar refractivity (Wildman–Crippen MR) is 71.5 cm³/mol. The highest BCUT2D eigenvalue weighted by molar-refractivity contribution is 5.95. The van der Waals surface area contributed by atoms with Gasteiger partial charge in [-0.1, -0.05) is 6.92 Å². The average Bonchev–Trinajstić information content (AvgIpc) is 2.38. The van der Waals surface area contributed by atoms with Gasteiger partial charge in [0.1, 0.15) is 6.42 Å². The van der Waals surface area contributed by atoms with Gasteiger partial charge in [-0.3, -0.25) is 19.0 Å². The highest BCUT2D eigenvalue weighted by Gasteiger charge is 2.14. The van der Waals surface area contributed by atoms with Crippen molar-refractivity contribution in [2.75, 3.05) is 6.61 Å². The lowest BCUT2D eigenvalue weighted by molar-refractivity contribution is -0.145. The van der Waals surface area contributed by atoms with Crippen LogP contribution in [0.3, 0.4) is 0 Å². The van der Waals surface area contributed by atoms with Crippen LogP contribution in [0, 0.1) is 0 Å². The first-order valence-corrected chi connectivity index (χ1v) is 6.47. The van der Waals surface area contributed by atoms with Gasteiger partial charge in [0.25, 0.3) is 5.56 Å². The van der Waals surface area contributed by atoms with Gasteiger partial charge >= 0.3 is 11.7 Å². The minimum absolute atomic E-state index is 0.181. The summed E-state index contributed by atoms with van der Waals surface area (Å²) >= 11 is 0. The second kappa shape index (κ2) is 7.42. The Bertz CT molecular complexity index is 600. The molecule has 0 amide bonds. The van der Waals surface area contributed by atoms with Gasteiger partial charge in [0.2, 0.25) is 0 Å². The molecule has 1 aromatic heterocycles. The van der Waals surface area contributed by atoms with Crippen molar-refractivity contribution in [2.45, 2.75) is 39.8 Å². The molecule has 0 bridgehead atoms. The zero-order chi connectivity index (χ0) is 15.1. The molecule has 0 unspecified atom stereocenters. The Hall–Kier alpha value is -2.18. The van der Waals surface area contributed by atoms with Gasteiger partial charge in [-0.15, -0.1) is 0 Å². The van der Waals surface area contributed by atoms with E-state index in [1.807, 2.05) is 6.92 Å². The molecule has 0 aliphatic heterocycles. The Morgan fingerprint density at radius 2 is 1.95 bits per heavy atom. The Kier molecular flexibility index (Phi) is 5.89. The number of ether oxygens (including phenoxy) is 1. The number of nitrogens with zero attached hydrogens (tertiary/aromatic N) is 2. The monoisotopic (exact) mass is 282 g/mol. The Morgan fingerprint density at radius 1 is 1.25 bits per heavy atom. The van der Waals surface area contributed by atoms with E-state index in [2.05, 4.69) is 4.74 Å².